The molecule has 0 aromatic heterocycles. The van der Waals surface area contributed by atoms with Crippen molar-refractivity contribution in [3.05, 3.63) is 11.6 Å². The molecular formula is C20H42BN4O3P. The van der Waals surface area contributed by atoms with E-state index in [4.69, 9.17) is 9.47 Å². The molecule has 168 valence electrons. The number of morpholine rings is 1. The molecule has 2 heterocycles. The zero-order valence-electron chi connectivity index (χ0n) is 19.6. The van der Waals surface area contributed by atoms with E-state index < -0.39 is 7.44 Å². The molecule has 7 nitrogen and oxygen atoms in total. The summed E-state index contributed by atoms with van der Waals surface area (Å²) in [7, 11) is 3.20. The number of nitrogens with zero attached hydrogens (tertiary/aromatic N) is 4. The summed E-state index contributed by atoms with van der Waals surface area (Å²) in [6.07, 6.45) is 2.55. The predicted octanol–water partition coefficient (Wildman–Crippen LogP) is 1.37. The monoisotopic (exact) mass is 428 g/mol. The van der Waals surface area contributed by atoms with Gasteiger partial charge in [-0.1, -0.05) is 11.6 Å². The topological polar surface area (TPSA) is 48.5 Å². The molecule has 2 fully saturated rings. The van der Waals surface area contributed by atoms with Gasteiger partial charge in [0.1, 0.15) is 14.2 Å². The average Bonchev–Trinajstić information content (AvgIpc) is 2.66. The largest absolute Gasteiger partial charge is 0.379 e. The summed E-state index contributed by atoms with van der Waals surface area (Å²) < 4.78 is 29.8. The van der Waals surface area contributed by atoms with Crippen LogP contribution in [0.1, 0.15) is 27.7 Å². The van der Waals surface area contributed by atoms with Crippen molar-refractivity contribution in [2.75, 3.05) is 72.9 Å². The average molecular weight is 428 g/mol. The van der Waals surface area contributed by atoms with Crippen molar-refractivity contribution in [2.24, 2.45) is 0 Å². The molecule has 2 aliphatic heterocycles. The van der Waals surface area contributed by atoms with Crippen LogP contribution in [-0.2, 0) is 14.0 Å². The lowest BCUT2D eigenvalue weighted by atomic mass is 9.96. The van der Waals surface area contributed by atoms with Crippen LogP contribution in [0.4, 0.5) is 0 Å². The first-order chi connectivity index (χ1) is 13.6. The summed E-state index contributed by atoms with van der Waals surface area (Å²) in [6.45, 7) is 15.5. The Morgan fingerprint density at radius 2 is 1.90 bits per heavy atom. The number of rotatable bonds is 9. The summed E-state index contributed by atoms with van der Waals surface area (Å²) in [5.41, 5.74) is 1.34. The minimum atomic E-state index is -2.72. The fourth-order valence-electron chi connectivity index (χ4n) is 3.89. The van der Waals surface area contributed by atoms with E-state index in [1.54, 1.807) is 0 Å². The number of ether oxygens (including phenoxy) is 2. The molecule has 0 aromatic carbocycles. The van der Waals surface area contributed by atoms with E-state index in [0.717, 1.165) is 45.8 Å². The van der Waals surface area contributed by atoms with E-state index in [-0.39, 0.29) is 18.5 Å². The molecule has 3 unspecified atom stereocenters. The van der Waals surface area contributed by atoms with Crippen molar-refractivity contribution in [3.63, 3.8) is 0 Å². The lowest BCUT2D eigenvalue weighted by molar-refractivity contribution is -0.0878. The molecule has 29 heavy (non-hydrogen) atoms. The van der Waals surface area contributed by atoms with Gasteiger partial charge in [-0.2, -0.15) is 0 Å². The molecular weight excluding hydrogens is 386 g/mol. The van der Waals surface area contributed by atoms with Crippen molar-refractivity contribution in [2.45, 2.75) is 45.8 Å². The van der Waals surface area contributed by atoms with E-state index >= 15 is 0 Å². The Morgan fingerprint density at radius 1 is 1.24 bits per heavy atom. The van der Waals surface area contributed by atoms with Crippen molar-refractivity contribution < 1.29 is 14.0 Å². The lowest BCUT2D eigenvalue weighted by Crippen LogP contribution is -2.52. The van der Waals surface area contributed by atoms with E-state index in [1.165, 1.54) is 5.57 Å². The van der Waals surface area contributed by atoms with Crippen LogP contribution in [0.2, 0.25) is 0 Å². The maximum Gasteiger partial charge on any atom is 0.241 e. The van der Waals surface area contributed by atoms with Crippen molar-refractivity contribution >= 4 is 15.3 Å². The second-order valence-electron chi connectivity index (χ2n) is 9.16. The van der Waals surface area contributed by atoms with Gasteiger partial charge in [-0.05, 0) is 41.8 Å². The SMILES string of the molecule is BC1CN(C(C)C)CC(COCP(=O)(N(C)C)N2CCN(CC=C(C)C)CC2)O1. The quantitative estimate of drug-likeness (QED) is 0.312. The first kappa shape index (κ1) is 25.1. The van der Waals surface area contributed by atoms with Crippen LogP contribution in [0.25, 0.3) is 0 Å². The molecule has 0 aromatic rings. The molecule has 2 saturated heterocycles. The highest BCUT2D eigenvalue weighted by atomic mass is 31.2. The van der Waals surface area contributed by atoms with Gasteiger partial charge < -0.3 is 9.47 Å². The fraction of sp³-hybridized carbons (Fsp3) is 0.900. The normalized spacial score (nSPS) is 27.3. The number of hydrogen-bond acceptors (Lipinski definition) is 5. The molecule has 2 aliphatic rings. The minimum Gasteiger partial charge on any atom is -0.379 e. The Kier molecular flexibility index (Phi) is 9.87. The smallest absolute Gasteiger partial charge is 0.241 e. The third kappa shape index (κ3) is 7.46. The van der Waals surface area contributed by atoms with Gasteiger partial charge in [0.15, 0.2) is 0 Å². The summed E-state index contributed by atoms with van der Waals surface area (Å²) in [5.74, 6) is 0. The van der Waals surface area contributed by atoms with Crippen molar-refractivity contribution in [3.8, 4) is 0 Å². The number of allylic oxidation sites excluding steroid dienone is 1. The predicted molar refractivity (Wildman–Crippen MR) is 123 cm³/mol. The Labute approximate surface area is 179 Å². The van der Waals surface area contributed by atoms with Crippen LogP contribution < -0.4 is 0 Å². The maximum absolute atomic E-state index is 13.8. The molecule has 0 N–H and O–H groups in total. The zero-order chi connectivity index (χ0) is 21.6. The molecule has 0 bridgehead atoms. The van der Waals surface area contributed by atoms with Gasteiger partial charge in [0.05, 0.1) is 12.7 Å². The Balaban J connectivity index is 1.86. The summed E-state index contributed by atoms with van der Waals surface area (Å²) in [4.78, 5) is 4.85. The molecule has 0 radical (unpaired) electrons. The first-order valence-electron chi connectivity index (χ1n) is 11.0. The second kappa shape index (κ2) is 11.4. The summed E-state index contributed by atoms with van der Waals surface area (Å²) >= 11 is 0. The van der Waals surface area contributed by atoms with Crippen molar-refractivity contribution in [1.29, 1.82) is 0 Å². The van der Waals surface area contributed by atoms with Gasteiger partial charge in [0.25, 0.3) is 0 Å². The summed E-state index contributed by atoms with van der Waals surface area (Å²) in [5, 5.41) is 0. The van der Waals surface area contributed by atoms with Crippen LogP contribution in [0.3, 0.4) is 0 Å². The van der Waals surface area contributed by atoms with E-state index in [0.29, 0.717) is 12.6 Å². The highest BCUT2D eigenvalue weighted by molar-refractivity contribution is 7.58. The van der Waals surface area contributed by atoms with Gasteiger partial charge in [-0.25, -0.2) is 9.34 Å². The second-order valence-corrected chi connectivity index (χ2v) is 12.1. The third-order valence-electron chi connectivity index (χ3n) is 5.82. The minimum absolute atomic E-state index is 0.0395. The van der Waals surface area contributed by atoms with Gasteiger partial charge in [0.2, 0.25) is 7.44 Å². The van der Waals surface area contributed by atoms with E-state index in [2.05, 4.69) is 56.1 Å². The van der Waals surface area contributed by atoms with Gasteiger partial charge in [-0.3, -0.25) is 14.4 Å². The van der Waals surface area contributed by atoms with Crippen molar-refractivity contribution in [1.82, 2.24) is 19.1 Å². The third-order valence-corrected chi connectivity index (χ3v) is 8.87. The molecule has 0 amide bonds. The van der Waals surface area contributed by atoms with E-state index in [9.17, 15) is 4.57 Å². The molecule has 0 saturated carbocycles. The lowest BCUT2D eigenvalue weighted by Gasteiger charge is -2.42. The van der Waals surface area contributed by atoms with Crippen LogP contribution in [0.5, 0.6) is 0 Å². The number of hydrogen-bond donors (Lipinski definition) is 0. The Bertz CT molecular complexity index is 578. The first-order valence-corrected chi connectivity index (χ1v) is 12.8. The molecule has 3 atom stereocenters. The van der Waals surface area contributed by atoms with Crippen LogP contribution in [-0.4, -0.2) is 118 Å². The van der Waals surface area contributed by atoms with Gasteiger partial charge in [0, 0.05) is 57.9 Å². The molecule has 0 spiro atoms. The highest BCUT2D eigenvalue weighted by Crippen LogP contribution is 2.51. The summed E-state index contributed by atoms with van der Waals surface area (Å²) in [6, 6.07) is 0.702. The molecule has 2 rings (SSSR count). The standard InChI is InChI=1S/C20H42BN4O3P/c1-17(2)7-8-23-9-11-25(12-10-23)29(26,22(5)6)16-27-15-19-13-24(18(3)4)14-20(21)28-19/h7,18-20H,8-16,21H2,1-6H3. The van der Waals surface area contributed by atoms with Crippen LogP contribution in [0.15, 0.2) is 11.6 Å². The Hall–Kier alpha value is -0.205. The van der Waals surface area contributed by atoms with Crippen LogP contribution >= 0.6 is 7.44 Å². The number of piperazine rings is 1. The van der Waals surface area contributed by atoms with E-state index in [1.807, 2.05) is 18.8 Å². The van der Waals surface area contributed by atoms with Crippen LogP contribution in [0, 0.1) is 0 Å². The maximum atomic E-state index is 13.8. The zero-order valence-corrected chi connectivity index (χ0v) is 20.5. The molecule has 0 aliphatic carbocycles. The Morgan fingerprint density at radius 3 is 2.45 bits per heavy atom. The molecule has 9 heteroatoms. The van der Waals surface area contributed by atoms with Gasteiger partial charge >= 0.3 is 0 Å². The highest BCUT2D eigenvalue weighted by Gasteiger charge is 2.36. The fourth-order valence-corrected chi connectivity index (χ4v) is 5.94. The van der Waals surface area contributed by atoms with Gasteiger partial charge in [-0.15, -0.1) is 0 Å².